The van der Waals surface area contributed by atoms with Crippen molar-refractivity contribution in [3.05, 3.63) is 92.2 Å². The highest BCUT2D eigenvalue weighted by Gasteiger charge is 2.42. The lowest BCUT2D eigenvalue weighted by molar-refractivity contribution is 0.564. The summed E-state index contributed by atoms with van der Waals surface area (Å²) in [6.07, 6.45) is 24.7. The zero-order valence-electron chi connectivity index (χ0n) is 19.1. The molecule has 0 atom stereocenters. The van der Waals surface area contributed by atoms with Gasteiger partial charge in [-0.3, -0.25) is 0 Å². The molecule has 0 aliphatic heterocycles. The van der Waals surface area contributed by atoms with Gasteiger partial charge in [0.2, 0.25) is 0 Å². The van der Waals surface area contributed by atoms with E-state index in [0.717, 1.165) is 0 Å². The van der Waals surface area contributed by atoms with Gasteiger partial charge in [-0.05, 0) is 107 Å². The van der Waals surface area contributed by atoms with Crippen LogP contribution in [-0.2, 0) is 0 Å². The molecule has 0 N–H and O–H groups in total. The summed E-state index contributed by atoms with van der Waals surface area (Å²) in [7, 11) is 0. The topological polar surface area (TPSA) is 0 Å². The summed E-state index contributed by atoms with van der Waals surface area (Å²) >= 11 is 0. The number of hydrogen-bond donors (Lipinski definition) is 0. The first-order valence-corrected chi connectivity index (χ1v) is 12.1. The number of hydrogen-bond acceptors (Lipinski definition) is 0. The molecule has 0 nitrogen and oxygen atoms in total. The minimum absolute atomic E-state index is 0.172. The third kappa shape index (κ3) is 2.40. The molecule has 0 heterocycles. The van der Waals surface area contributed by atoms with Crippen LogP contribution in [0.25, 0.3) is 0 Å². The largest absolute Gasteiger partial charge is 0.0839 e. The van der Waals surface area contributed by atoms with E-state index in [1.165, 1.54) is 51.4 Å². The van der Waals surface area contributed by atoms with Crippen molar-refractivity contribution in [2.24, 2.45) is 10.8 Å². The van der Waals surface area contributed by atoms with Crippen LogP contribution in [0, 0.1) is 10.8 Å². The molecule has 0 saturated carbocycles. The van der Waals surface area contributed by atoms with E-state index in [1.54, 1.807) is 55.7 Å². The van der Waals surface area contributed by atoms with Crippen LogP contribution in [0.15, 0.2) is 92.2 Å². The molecule has 0 unspecified atom stereocenters. The fourth-order valence-electron chi connectivity index (χ4n) is 7.12. The SMILES string of the molecule is CC1(C)C2=C(CCC=C2)C2=C1C=C(C1=CC3=C(CC1)C1=C(C=CCC1)C3(C)C)CC2. The molecule has 6 aliphatic rings. The van der Waals surface area contributed by atoms with Gasteiger partial charge in [-0.1, -0.05) is 64.2 Å². The van der Waals surface area contributed by atoms with Crippen molar-refractivity contribution in [2.45, 2.75) is 79.1 Å². The molecule has 6 aliphatic carbocycles. The van der Waals surface area contributed by atoms with E-state index >= 15 is 0 Å². The first kappa shape index (κ1) is 18.7. The van der Waals surface area contributed by atoms with Crippen LogP contribution < -0.4 is 0 Å². The molecule has 0 saturated heterocycles. The Morgan fingerprint density at radius 2 is 0.900 bits per heavy atom. The van der Waals surface area contributed by atoms with Gasteiger partial charge < -0.3 is 0 Å². The van der Waals surface area contributed by atoms with Crippen LogP contribution >= 0.6 is 0 Å². The van der Waals surface area contributed by atoms with Crippen molar-refractivity contribution in [1.82, 2.24) is 0 Å². The van der Waals surface area contributed by atoms with E-state index in [1.807, 2.05) is 0 Å². The van der Waals surface area contributed by atoms with Gasteiger partial charge >= 0.3 is 0 Å². The lowest BCUT2D eigenvalue weighted by atomic mass is 9.74. The minimum atomic E-state index is 0.172. The molecule has 0 aromatic carbocycles. The summed E-state index contributed by atoms with van der Waals surface area (Å²) in [5, 5.41) is 0. The van der Waals surface area contributed by atoms with Crippen LogP contribution in [0.3, 0.4) is 0 Å². The fourth-order valence-corrected chi connectivity index (χ4v) is 7.12. The molecule has 0 aromatic heterocycles. The lowest BCUT2D eigenvalue weighted by Crippen LogP contribution is -2.17. The van der Waals surface area contributed by atoms with E-state index in [0.29, 0.717) is 0 Å². The van der Waals surface area contributed by atoms with Gasteiger partial charge in [-0.25, -0.2) is 0 Å². The maximum atomic E-state index is 2.61. The fraction of sp³-hybridized carbons (Fsp3) is 0.467. The second-order valence-corrected chi connectivity index (χ2v) is 11.0. The molecule has 154 valence electrons. The summed E-state index contributed by atoms with van der Waals surface area (Å²) in [6.45, 7) is 9.78. The smallest absolute Gasteiger partial charge is 0.0152 e. The van der Waals surface area contributed by atoms with Crippen LogP contribution in [-0.4, -0.2) is 0 Å². The molecule has 0 bridgehead atoms. The predicted octanol–water partition coefficient (Wildman–Crippen LogP) is 8.39. The van der Waals surface area contributed by atoms with Crippen LogP contribution in [0.5, 0.6) is 0 Å². The van der Waals surface area contributed by atoms with Crippen molar-refractivity contribution in [2.75, 3.05) is 0 Å². The molecule has 0 aromatic rings. The van der Waals surface area contributed by atoms with Crippen LogP contribution in [0.4, 0.5) is 0 Å². The van der Waals surface area contributed by atoms with Gasteiger partial charge in [-0.15, -0.1) is 0 Å². The standard InChI is InChI=1S/C30H34/c1-29(2)25-11-7-5-9-21(25)23-15-13-19(17-27(23)29)20-14-16-24-22-10-6-8-12-26(22)30(3,4)28(24)18-20/h7-8,11-12,17-18H,5-6,9-10,13-16H2,1-4H3. The minimum Gasteiger partial charge on any atom is -0.0839 e. The van der Waals surface area contributed by atoms with Gasteiger partial charge in [0.05, 0.1) is 0 Å². The maximum absolute atomic E-state index is 2.61. The van der Waals surface area contributed by atoms with E-state index in [4.69, 9.17) is 0 Å². The number of rotatable bonds is 1. The number of allylic oxidation sites excluding steroid dienone is 16. The van der Waals surface area contributed by atoms with Gasteiger partial charge in [0.15, 0.2) is 0 Å². The van der Waals surface area contributed by atoms with E-state index in [2.05, 4.69) is 64.2 Å². The molecule has 6 rings (SSSR count). The summed E-state index contributed by atoms with van der Waals surface area (Å²) in [6, 6.07) is 0. The quantitative estimate of drug-likeness (QED) is 0.419. The first-order valence-electron chi connectivity index (χ1n) is 12.1. The average Bonchev–Trinajstić information content (AvgIpc) is 3.14. The first-order chi connectivity index (χ1) is 14.4. The Kier molecular flexibility index (Phi) is 3.87. The Morgan fingerprint density at radius 3 is 1.33 bits per heavy atom. The summed E-state index contributed by atoms with van der Waals surface area (Å²) in [5.74, 6) is 0. The Bertz CT molecular complexity index is 1020. The second kappa shape index (κ2) is 6.22. The van der Waals surface area contributed by atoms with E-state index in [9.17, 15) is 0 Å². The van der Waals surface area contributed by atoms with Crippen molar-refractivity contribution in [3.8, 4) is 0 Å². The zero-order chi connectivity index (χ0) is 20.7. The maximum Gasteiger partial charge on any atom is 0.0152 e. The molecule has 0 heteroatoms. The third-order valence-corrected chi connectivity index (χ3v) is 8.75. The van der Waals surface area contributed by atoms with Gasteiger partial charge in [0.1, 0.15) is 0 Å². The van der Waals surface area contributed by atoms with Crippen LogP contribution in [0.2, 0.25) is 0 Å². The molecule has 0 fully saturated rings. The predicted molar refractivity (Wildman–Crippen MR) is 127 cm³/mol. The van der Waals surface area contributed by atoms with Crippen molar-refractivity contribution in [3.63, 3.8) is 0 Å². The monoisotopic (exact) mass is 394 g/mol. The molecular weight excluding hydrogens is 360 g/mol. The van der Waals surface area contributed by atoms with E-state index < -0.39 is 0 Å². The highest BCUT2D eigenvalue weighted by atomic mass is 14.5. The summed E-state index contributed by atoms with van der Waals surface area (Å²) in [4.78, 5) is 0. The van der Waals surface area contributed by atoms with Gasteiger partial charge in [-0.2, -0.15) is 0 Å². The second-order valence-electron chi connectivity index (χ2n) is 11.0. The molecule has 0 spiro atoms. The zero-order valence-corrected chi connectivity index (χ0v) is 19.1. The third-order valence-electron chi connectivity index (χ3n) is 8.75. The molecule has 30 heavy (non-hydrogen) atoms. The van der Waals surface area contributed by atoms with Gasteiger partial charge in [0, 0.05) is 10.8 Å². The van der Waals surface area contributed by atoms with Crippen molar-refractivity contribution < 1.29 is 0 Å². The Morgan fingerprint density at radius 1 is 0.500 bits per heavy atom. The summed E-state index contributed by atoms with van der Waals surface area (Å²) < 4.78 is 0. The average molecular weight is 395 g/mol. The normalized spacial score (nSPS) is 28.4. The Hall–Kier alpha value is -2.08. The van der Waals surface area contributed by atoms with Crippen LogP contribution in [0.1, 0.15) is 79.1 Å². The molecular formula is C30H34. The Labute approximate surface area is 182 Å². The molecule has 0 amide bonds. The van der Waals surface area contributed by atoms with E-state index in [-0.39, 0.29) is 10.8 Å². The highest BCUT2D eigenvalue weighted by molar-refractivity contribution is 5.67. The van der Waals surface area contributed by atoms with Crippen molar-refractivity contribution >= 4 is 0 Å². The Balaban J connectivity index is 1.39. The number of fused-ring (bicyclic) bond motifs is 2. The summed E-state index contributed by atoms with van der Waals surface area (Å²) in [5.41, 5.74) is 16.7. The highest BCUT2D eigenvalue weighted by Crippen LogP contribution is 2.57. The lowest BCUT2D eigenvalue weighted by Gasteiger charge is -2.30. The van der Waals surface area contributed by atoms with Gasteiger partial charge in [0.25, 0.3) is 0 Å². The molecule has 0 radical (unpaired) electrons. The van der Waals surface area contributed by atoms with Crippen molar-refractivity contribution in [1.29, 1.82) is 0 Å².